The summed E-state index contributed by atoms with van der Waals surface area (Å²) in [5.41, 5.74) is 5.21. The van der Waals surface area contributed by atoms with Gasteiger partial charge in [-0.2, -0.15) is 11.8 Å². The van der Waals surface area contributed by atoms with E-state index in [1.54, 1.807) is 29.2 Å². The number of aryl methyl sites for hydroxylation is 2. The average molecular weight is 550 g/mol. The molecule has 8 heteroatoms. The van der Waals surface area contributed by atoms with Crippen LogP contribution in [0.2, 0.25) is 0 Å². The Bertz CT molecular complexity index is 1410. The van der Waals surface area contributed by atoms with E-state index in [0.29, 0.717) is 31.0 Å². The predicted molar refractivity (Wildman–Crippen MR) is 154 cm³/mol. The number of carbonyl (C=O) groups is 2. The van der Waals surface area contributed by atoms with Crippen molar-refractivity contribution in [2.75, 3.05) is 12.0 Å². The number of benzene rings is 2. The van der Waals surface area contributed by atoms with Crippen LogP contribution in [0.1, 0.15) is 39.2 Å². The Morgan fingerprint density at radius 3 is 2.58 bits per heavy atom. The van der Waals surface area contributed by atoms with Crippen LogP contribution >= 0.6 is 23.1 Å². The molecule has 0 aliphatic heterocycles. The van der Waals surface area contributed by atoms with Gasteiger partial charge in [-0.15, -0.1) is 11.3 Å². The SMILES string of the molecule is CSCC[C@H](NC(=O)c1ccc(COCc2ccc(-c3cc(C)cs3)o2)cc1-c1ccccc1C)C(=O)O. The zero-order valence-corrected chi connectivity index (χ0v) is 23.3. The first kappa shape index (κ1) is 27.7. The molecule has 198 valence electrons. The molecule has 2 N–H and O–H groups in total. The summed E-state index contributed by atoms with van der Waals surface area (Å²) in [6.45, 7) is 4.70. The largest absolute Gasteiger partial charge is 0.480 e. The molecule has 0 saturated carbocycles. The van der Waals surface area contributed by atoms with Crippen LogP contribution in [0.25, 0.3) is 21.8 Å². The van der Waals surface area contributed by atoms with E-state index in [-0.39, 0.29) is 0 Å². The fourth-order valence-corrected chi connectivity index (χ4v) is 5.46. The van der Waals surface area contributed by atoms with Gasteiger partial charge in [0.2, 0.25) is 0 Å². The Hall–Kier alpha value is -3.33. The van der Waals surface area contributed by atoms with Gasteiger partial charge >= 0.3 is 5.97 Å². The summed E-state index contributed by atoms with van der Waals surface area (Å²) in [6, 6.07) is 18.4. The summed E-state index contributed by atoms with van der Waals surface area (Å²) in [5.74, 6) is 0.769. The van der Waals surface area contributed by atoms with Crippen molar-refractivity contribution < 1.29 is 23.8 Å². The fraction of sp³-hybridized carbons (Fsp3) is 0.267. The van der Waals surface area contributed by atoms with E-state index >= 15 is 0 Å². The molecular formula is C30H31NO5S2. The second-order valence-electron chi connectivity index (χ2n) is 9.09. The van der Waals surface area contributed by atoms with E-state index in [4.69, 9.17) is 9.15 Å². The van der Waals surface area contributed by atoms with Crippen molar-refractivity contribution in [2.24, 2.45) is 0 Å². The molecule has 4 rings (SSSR count). The number of furan rings is 1. The number of rotatable bonds is 12. The van der Waals surface area contributed by atoms with Crippen molar-refractivity contribution in [3.05, 3.63) is 94.1 Å². The van der Waals surface area contributed by atoms with Crippen LogP contribution in [0.4, 0.5) is 0 Å². The van der Waals surface area contributed by atoms with Gasteiger partial charge in [-0.05, 0) is 95.8 Å². The lowest BCUT2D eigenvalue weighted by atomic mass is 9.93. The lowest BCUT2D eigenvalue weighted by Crippen LogP contribution is -2.41. The number of thiophene rings is 1. The number of hydrogen-bond acceptors (Lipinski definition) is 6. The summed E-state index contributed by atoms with van der Waals surface area (Å²) >= 11 is 3.20. The van der Waals surface area contributed by atoms with Crippen LogP contribution in [0.3, 0.4) is 0 Å². The Morgan fingerprint density at radius 2 is 1.87 bits per heavy atom. The molecule has 0 aliphatic carbocycles. The molecule has 38 heavy (non-hydrogen) atoms. The maximum absolute atomic E-state index is 13.2. The van der Waals surface area contributed by atoms with E-state index in [1.165, 1.54) is 5.56 Å². The molecule has 1 amide bonds. The second kappa shape index (κ2) is 13.0. The highest BCUT2D eigenvalue weighted by molar-refractivity contribution is 7.98. The number of nitrogens with one attached hydrogen (secondary N) is 1. The monoisotopic (exact) mass is 549 g/mol. The summed E-state index contributed by atoms with van der Waals surface area (Å²) in [7, 11) is 0. The number of carboxylic acid groups (broad SMARTS) is 1. The van der Waals surface area contributed by atoms with E-state index in [0.717, 1.165) is 38.7 Å². The van der Waals surface area contributed by atoms with Crippen LogP contribution in [0.5, 0.6) is 0 Å². The quantitative estimate of drug-likeness (QED) is 0.199. The first-order chi connectivity index (χ1) is 18.4. The summed E-state index contributed by atoms with van der Waals surface area (Å²) in [6.07, 6.45) is 2.27. The molecule has 2 aromatic carbocycles. The van der Waals surface area contributed by atoms with Gasteiger partial charge < -0.3 is 19.6 Å². The van der Waals surface area contributed by atoms with Crippen molar-refractivity contribution in [3.8, 4) is 21.8 Å². The normalized spacial score (nSPS) is 11.9. The third kappa shape index (κ3) is 6.95. The van der Waals surface area contributed by atoms with Gasteiger partial charge in [-0.3, -0.25) is 4.79 Å². The van der Waals surface area contributed by atoms with Gasteiger partial charge in [0, 0.05) is 5.56 Å². The number of aliphatic carboxylic acids is 1. The number of hydrogen-bond donors (Lipinski definition) is 2. The van der Waals surface area contributed by atoms with Gasteiger partial charge in [0.15, 0.2) is 0 Å². The zero-order chi connectivity index (χ0) is 27.1. The van der Waals surface area contributed by atoms with E-state index < -0.39 is 17.9 Å². The van der Waals surface area contributed by atoms with Crippen LogP contribution < -0.4 is 5.32 Å². The van der Waals surface area contributed by atoms with Crippen molar-refractivity contribution in [2.45, 2.75) is 39.5 Å². The summed E-state index contributed by atoms with van der Waals surface area (Å²) in [5, 5.41) is 14.4. The molecule has 4 aromatic rings. The van der Waals surface area contributed by atoms with Crippen LogP contribution in [-0.2, 0) is 22.7 Å². The highest BCUT2D eigenvalue weighted by atomic mass is 32.2. The number of carbonyl (C=O) groups excluding carboxylic acids is 1. The van der Waals surface area contributed by atoms with Crippen molar-refractivity contribution >= 4 is 35.0 Å². The van der Waals surface area contributed by atoms with E-state index in [9.17, 15) is 14.7 Å². The molecular weight excluding hydrogens is 518 g/mol. The van der Waals surface area contributed by atoms with Crippen LogP contribution in [-0.4, -0.2) is 35.0 Å². The number of thioether (sulfide) groups is 1. The Balaban J connectivity index is 1.51. The highest BCUT2D eigenvalue weighted by Crippen LogP contribution is 2.30. The average Bonchev–Trinajstić information content (AvgIpc) is 3.55. The van der Waals surface area contributed by atoms with Gasteiger partial charge in [0.25, 0.3) is 5.91 Å². The molecule has 0 aliphatic rings. The maximum atomic E-state index is 13.2. The topological polar surface area (TPSA) is 88.8 Å². The van der Waals surface area contributed by atoms with E-state index in [2.05, 4.69) is 23.7 Å². The molecule has 2 aromatic heterocycles. The minimum Gasteiger partial charge on any atom is -0.480 e. The van der Waals surface area contributed by atoms with Gasteiger partial charge in [0.1, 0.15) is 24.2 Å². The summed E-state index contributed by atoms with van der Waals surface area (Å²) in [4.78, 5) is 26.0. The molecule has 0 spiro atoms. The van der Waals surface area contributed by atoms with Gasteiger partial charge in [-0.1, -0.05) is 30.3 Å². The van der Waals surface area contributed by atoms with Crippen molar-refractivity contribution in [3.63, 3.8) is 0 Å². The second-order valence-corrected chi connectivity index (χ2v) is 11.0. The Morgan fingerprint density at radius 1 is 1.05 bits per heavy atom. The molecule has 0 fully saturated rings. The number of carboxylic acids is 1. The van der Waals surface area contributed by atoms with Crippen LogP contribution in [0.15, 0.2) is 70.5 Å². The van der Waals surface area contributed by atoms with Crippen LogP contribution in [0, 0.1) is 13.8 Å². The molecule has 6 nitrogen and oxygen atoms in total. The molecule has 2 heterocycles. The van der Waals surface area contributed by atoms with E-state index in [1.807, 2.05) is 61.7 Å². The lowest BCUT2D eigenvalue weighted by molar-refractivity contribution is -0.139. The molecule has 0 radical (unpaired) electrons. The third-order valence-electron chi connectivity index (χ3n) is 6.13. The predicted octanol–water partition coefficient (Wildman–Crippen LogP) is 6.94. The first-order valence-corrected chi connectivity index (χ1v) is 14.6. The fourth-order valence-electron chi connectivity index (χ4n) is 4.12. The highest BCUT2D eigenvalue weighted by Gasteiger charge is 2.22. The third-order valence-corrected chi connectivity index (χ3v) is 7.83. The van der Waals surface area contributed by atoms with Gasteiger partial charge in [0.05, 0.1) is 11.5 Å². The zero-order valence-electron chi connectivity index (χ0n) is 21.7. The molecule has 0 saturated heterocycles. The maximum Gasteiger partial charge on any atom is 0.326 e. The number of amides is 1. The standard InChI is InChI=1S/C30H31NO5S2/c1-19-14-28(38-18-19)27-11-9-22(36-27)17-35-16-21-8-10-24(25(15-21)23-7-5-4-6-20(23)2)29(32)31-26(30(33)34)12-13-37-3/h4-11,14-15,18,26H,12-13,16-17H2,1-3H3,(H,31,32)(H,33,34)/t26-/m0/s1. The van der Waals surface area contributed by atoms with Crippen molar-refractivity contribution in [1.82, 2.24) is 5.32 Å². The first-order valence-electron chi connectivity index (χ1n) is 12.3. The minimum atomic E-state index is -1.04. The minimum absolute atomic E-state index is 0.321. The van der Waals surface area contributed by atoms with Crippen molar-refractivity contribution in [1.29, 1.82) is 0 Å². The molecule has 0 bridgehead atoms. The molecule has 0 unspecified atom stereocenters. The molecule has 1 atom stereocenters. The lowest BCUT2D eigenvalue weighted by Gasteiger charge is -2.17. The summed E-state index contributed by atoms with van der Waals surface area (Å²) < 4.78 is 11.9. The number of ether oxygens (including phenoxy) is 1. The smallest absolute Gasteiger partial charge is 0.326 e. The Labute approximate surface area is 231 Å². The Kier molecular flexibility index (Phi) is 9.44. The van der Waals surface area contributed by atoms with Gasteiger partial charge in [-0.25, -0.2) is 4.79 Å².